The van der Waals surface area contributed by atoms with Gasteiger partial charge in [-0.1, -0.05) is 12.1 Å². The number of anilines is 1. The molecule has 1 aromatic heterocycles. The molecule has 0 bridgehead atoms. The van der Waals surface area contributed by atoms with Gasteiger partial charge in [0.25, 0.3) is 5.79 Å². The van der Waals surface area contributed by atoms with E-state index in [1.807, 2.05) is 0 Å². The van der Waals surface area contributed by atoms with Crippen molar-refractivity contribution < 1.29 is 19.1 Å². The Hall–Kier alpha value is -3.23. The van der Waals surface area contributed by atoms with Gasteiger partial charge in [-0.3, -0.25) is 0 Å². The molecule has 118 valence electrons. The molecule has 0 unspecified atom stereocenters. The van der Waals surface area contributed by atoms with Gasteiger partial charge in [-0.05, 0) is 22.6 Å². The van der Waals surface area contributed by atoms with E-state index in [2.05, 4.69) is 20.8 Å². The number of nitrogens with zero attached hydrogens (tertiary/aromatic N) is 4. The zero-order valence-electron chi connectivity index (χ0n) is 12.4. The van der Waals surface area contributed by atoms with Crippen molar-refractivity contribution in [3.63, 3.8) is 0 Å². The first-order chi connectivity index (χ1) is 11.0. The number of nitrogens with one attached hydrogen (secondary N) is 1. The van der Waals surface area contributed by atoms with E-state index < -0.39 is 17.7 Å². The molecule has 1 saturated heterocycles. The number of hydrogen-bond donors (Lipinski definition) is 1. The Morgan fingerprint density at radius 1 is 1.17 bits per heavy atom. The molecule has 1 aliphatic heterocycles. The second kappa shape index (κ2) is 5.52. The standard InChI is InChI=1S/C14H13N5O4/c1-14(2)22-12(20)9(13(21)23-14)7-15-10-5-3-4-6-11(10)19-8-16-17-18-19/h3-8,15H,1-2H3. The molecule has 0 amide bonds. The maximum Gasteiger partial charge on any atom is 0.350 e. The Morgan fingerprint density at radius 3 is 2.52 bits per heavy atom. The second-order valence-electron chi connectivity index (χ2n) is 5.15. The van der Waals surface area contributed by atoms with E-state index in [0.29, 0.717) is 11.4 Å². The molecule has 23 heavy (non-hydrogen) atoms. The molecule has 0 atom stereocenters. The predicted octanol–water partition coefficient (Wildman–Crippen LogP) is 0.794. The van der Waals surface area contributed by atoms with Crippen LogP contribution in [0.2, 0.25) is 0 Å². The van der Waals surface area contributed by atoms with E-state index in [1.54, 1.807) is 24.3 Å². The zero-order chi connectivity index (χ0) is 16.4. The molecular weight excluding hydrogens is 302 g/mol. The van der Waals surface area contributed by atoms with Crippen molar-refractivity contribution >= 4 is 17.6 Å². The Labute approximate surface area is 130 Å². The van der Waals surface area contributed by atoms with Gasteiger partial charge in [0.1, 0.15) is 6.33 Å². The molecule has 2 aromatic rings. The van der Waals surface area contributed by atoms with E-state index in [0.717, 1.165) is 0 Å². The number of hydrogen-bond acceptors (Lipinski definition) is 8. The highest BCUT2D eigenvalue weighted by molar-refractivity contribution is 6.15. The van der Waals surface area contributed by atoms with E-state index in [4.69, 9.17) is 9.47 Å². The van der Waals surface area contributed by atoms with Crippen LogP contribution >= 0.6 is 0 Å². The summed E-state index contributed by atoms with van der Waals surface area (Å²) in [6.45, 7) is 2.97. The summed E-state index contributed by atoms with van der Waals surface area (Å²) < 4.78 is 11.5. The Bertz CT molecular complexity index is 760. The summed E-state index contributed by atoms with van der Waals surface area (Å²) in [7, 11) is 0. The van der Waals surface area contributed by atoms with E-state index in [9.17, 15) is 9.59 Å². The predicted molar refractivity (Wildman–Crippen MR) is 77.1 cm³/mol. The van der Waals surface area contributed by atoms with Gasteiger partial charge in [0.2, 0.25) is 0 Å². The number of cyclic esters (lactones) is 2. The SMILES string of the molecule is CC1(C)OC(=O)C(=CNc2ccccc2-n2cnnn2)C(=O)O1. The van der Waals surface area contributed by atoms with Crippen LogP contribution in [-0.2, 0) is 19.1 Å². The smallest absolute Gasteiger partial charge is 0.350 e. The number of para-hydroxylation sites is 2. The van der Waals surface area contributed by atoms with Crippen molar-refractivity contribution in [2.75, 3.05) is 5.32 Å². The monoisotopic (exact) mass is 315 g/mol. The number of aromatic nitrogens is 4. The third kappa shape index (κ3) is 3.03. The van der Waals surface area contributed by atoms with Crippen molar-refractivity contribution in [1.82, 2.24) is 20.2 Å². The molecule has 1 fully saturated rings. The minimum absolute atomic E-state index is 0.226. The van der Waals surface area contributed by atoms with Gasteiger partial charge < -0.3 is 14.8 Å². The van der Waals surface area contributed by atoms with Crippen LogP contribution in [0.15, 0.2) is 42.4 Å². The van der Waals surface area contributed by atoms with Crippen molar-refractivity contribution in [2.24, 2.45) is 0 Å². The van der Waals surface area contributed by atoms with Gasteiger partial charge in [0.05, 0.1) is 11.4 Å². The van der Waals surface area contributed by atoms with Gasteiger partial charge in [-0.15, -0.1) is 5.10 Å². The number of tetrazole rings is 1. The van der Waals surface area contributed by atoms with Crippen molar-refractivity contribution in [2.45, 2.75) is 19.6 Å². The number of rotatable bonds is 3. The maximum absolute atomic E-state index is 11.9. The maximum atomic E-state index is 11.9. The molecular formula is C14H13N5O4. The average Bonchev–Trinajstić information content (AvgIpc) is 2.99. The number of carbonyl (C=O) groups is 2. The topological polar surface area (TPSA) is 108 Å². The highest BCUT2D eigenvalue weighted by atomic mass is 16.7. The molecule has 0 aliphatic carbocycles. The summed E-state index contributed by atoms with van der Waals surface area (Å²) in [6.07, 6.45) is 2.67. The first-order valence-corrected chi connectivity index (χ1v) is 6.72. The van der Waals surface area contributed by atoms with E-state index in [1.165, 1.54) is 31.1 Å². The fraction of sp³-hybridized carbons (Fsp3) is 0.214. The van der Waals surface area contributed by atoms with Crippen LogP contribution in [0.25, 0.3) is 5.69 Å². The molecule has 0 radical (unpaired) electrons. The van der Waals surface area contributed by atoms with Gasteiger partial charge in [0.15, 0.2) is 5.57 Å². The van der Waals surface area contributed by atoms with Gasteiger partial charge in [-0.25, -0.2) is 9.59 Å². The number of ether oxygens (including phenoxy) is 2. The molecule has 2 heterocycles. The highest BCUT2D eigenvalue weighted by Gasteiger charge is 2.38. The van der Waals surface area contributed by atoms with Crippen LogP contribution in [0, 0.1) is 0 Å². The first-order valence-electron chi connectivity index (χ1n) is 6.72. The van der Waals surface area contributed by atoms with Crippen LogP contribution in [0.3, 0.4) is 0 Å². The average molecular weight is 315 g/mol. The summed E-state index contributed by atoms with van der Waals surface area (Å²) >= 11 is 0. The van der Waals surface area contributed by atoms with Crippen LogP contribution in [0.5, 0.6) is 0 Å². The Balaban J connectivity index is 1.86. The van der Waals surface area contributed by atoms with Crippen LogP contribution in [0.4, 0.5) is 5.69 Å². The first kappa shape index (κ1) is 14.7. The van der Waals surface area contributed by atoms with E-state index in [-0.39, 0.29) is 5.57 Å². The third-order valence-electron chi connectivity index (χ3n) is 2.99. The summed E-state index contributed by atoms with van der Waals surface area (Å²) in [4.78, 5) is 23.8. The number of benzene rings is 1. The van der Waals surface area contributed by atoms with Gasteiger partial charge >= 0.3 is 11.9 Å². The molecule has 1 N–H and O–H groups in total. The van der Waals surface area contributed by atoms with Crippen molar-refractivity contribution in [3.8, 4) is 5.69 Å². The quantitative estimate of drug-likeness (QED) is 0.503. The molecule has 0 spiro atoms. The molecule has 0 saturated carbocycles. The lowest BCUT2D eigenvalue weighted by Gasteiger charge is -2.29. The lowest BCUT2D eigenvalue weighted by molar-refractivity contribution is -0.222. The molecule has 9 heteroatoms. The zero-order valence-corrected chi connectivity index (χ0v) is 12.4. The Morgan fingerprint density at radius 2 is 1.87 bits per heavy atom. The fourth-order valence-electron chi connectivity index (χ4n) is 2.00. The molecule has 9 nitrogen and oxygen atoms in total. The summed E-state index contributed by atoms with van der Waals surface area (Å²) in [5.41, 5.74) is 1.01. The van der Waals surface area contributed by atoms with Gasteiger partial charge in [0, 0.05) is 20.0 Å². The fourth-order valence-corrected chi connectivity index (χ4v) is 2.00. The highest BCUT2D eigenvalue weighted by Crippen LogP contribution is 2.24. The lowest BCUT2D eigenvalue weighted by atomic mass is 10.2. The summed E-state index contributed by atoms with van der Waals surface area (Å²) in [5.74, 6) is -2.77. The Kier molecular flexibility index (Phi) is 3.53. The van der Waals surface area contributed by atoms with Gasteiger partial charge in [-0.2, -0.15) is 4.68 Å². The third-order valence-corrected chi connectivity index (χ3v) is 2.99. The molecule has 1 aliphatic rings. The molecule has 3 rings (SSSR count). The van der Waals surface area contributed by atoms with Crippen LogP contribution in [0.1, 0.15) is 13.8 Å². The lowest BCUT2D eigenvalue weighted by Crippen LogP contribution is -2.42. The largest absolute Gasteiger partial charge is 0.419 e. The number of esters is 2. The summed E-state index contributed by atoms with van der Waals surface area (Å²) in [6, 6.07) is 7.12. The van der Waals surface area contributed by atoms with E-state index >= 15 is 0 Å². The van der Waals surface area contributed by atoms with Crippen molar-refractivity contribution in [1.29, 1.82) is 0 Å². The second-order valence-corrected chi connectivity index (χ2v) is 5.15. The van der Waals surface area contributed by atoms with Crippen LogP contribution in [-0.4, -0.2) is 37.9 Å². The minimum Gasteiger partial charge on any atom is -0.419 e. The number of carbonyl (C=O) groups excluding carboxylic acids is 2. The minimum atomic E-state index is -1.27. The van der Waals surface area contributed by atoms with Crippen LogP contribution < -0.4 is 5.32 Å². The normalized spacial score (nSPS) is 16.5. The summed E-state index contributed by atoms with van der Waals surface area (Å²) in [5, 5.41) is 13.8. The van der Waals surface area contributed by atoms with Crippen molar-refractivity contribution in [3.05, 3.63) is 42.4 Å². The molecule has 1 aromatic carbocycles.